The minimum atomic E-state index is -0.659. The van der Waals surface area contributed by atoms with Crippen molar-refractivity contribution in [3.05, 3.63) is 29.3 Å². The molecule has 4 N–H and O–H groups in total. The Morgan fingerprint density at radius 3 is 2.46 bits per heavy atom. The quantitative estimate of drug-likeness (QED) is 0.639. The zero-order valence-corrected chi connectivity index (χ0v) is 7.86. The van der Waals surface area contributed by atoms with Crippen LogP contribution in [-0.4, -0.2) is 16.3 Å². The number of hydrogen-bond donors (Lipinski definition) is 3. The monoisotopic (exact) mass is 181 g/mol. The molecule has 1 aromatic rings. The molecule has 3 nitrogen and oxygen atoms in total. The molecule has 0 spiro atoms. The van der Waals surface area contributed by atoms with Gasteiger partial charge in [-0.25, -0.2) is 0 Å². The number of phenols is 1. The first-order valence-electron chi connectivity index (χ1n) is 4.25. The van der Waals surface area contributed by atoms with Crippen molar-refractivity contribution in [3.8, 4) is 5.75 Å². The Labute approximate surface area is 77.8 Å². The van der Waals surface area contributed by atoms with Gasteiger partial charge in [-0.05, 0) is 25.5 Å². The third kappa shape index (κ3) is 2.20. The highest BCUT2D eigenvalue weighted by Crippen LogP contribution is 2.25. The van der Waals surface area contributed by atoms with Crippen LogP contribution in [0.4, 0.5) is 0 Å². The standard InChI is InChI=1S/C10H15NO2/c1-6-3-4-8(9(13)5-6)10(11)7(2)12/h3-5,7,10,12-13H,11H2,1-2H3/t7-,10+/m0/s1. The van der Waals surface area contributed by atoms with E-state index in [2.05, 4.69) is 0 Å². The highest BCUT2D eigenvalue weighted by molar-refractivity contribution is 5.38. The van der Waals surface area contributed by atoms with Crippen LogP contribution in [0.1, 0.15) is 24.1 Å². The number of aryl methyl sites for hydroxylation is 1. The summed E-state index contributed by atoms with van der Waals surface area (Å²) in [5.74, 6) is 0.147. The Morgan fingerprint density at radius 1 is 1.38 bits per heavy atom. The fourth-order valence-corrected chi connectivity index (χ4v) is 1.20. The van der Waals surface area contributed by atoms with E-state index in [-0.39, 0.29) is 5.75 Å². The van der Waals surface area contributed by atoms with Gasteiger partial charge in [0.2, 0.25) is 0 Å². The average molecular weight is 181 g/mol. The maximum absolute atomic E-state index is 9.52. The minimum absolute atomic E-state index is 0.147. The zero-order chi connectivity index (χ0) is 10.0. The van der Waals surface area contributed by atoms with Crippen LogP contribution in [0.5, 0.6) is 5.75 Å². The molecule has 0 amide bonds. The number of aliphatic hydroxyl groups excluding tert-OH is 1. The van der Waals surface area contributed by atoms with Crippen molar-refractivity contribution in [2.75, 3.05) is 0 Å². The van der Waals surface area contributed by atoms with E-state index in [0.717, 1.165) is 5.56 Å². The van der Waals surface area contributed by atoms with Gasteiger partial charge in [-0.3, -0.25) is 0 Å². The van der Waals surface area contributed by atoms with Gasteiger partial charge in [-0.1, -0.05) is 12.1 Å². The smallest absolute Gasteiger partial charge is 0.120 e. The number of aliphatic hydroxyl groups is 1. The van der Waals surface area contributed by atoms with Gasteiger partial charge >= 0.3 is 0 Å². The summed E-state index contributed by atoms with van der Waals surface area (Å²) >= 11 is 0. The van der Waals surface area contributed by atoms with Crippen molar-refractivity contribution in [2.24, 2.45) is 5.73 Å². The molecule has 0 aliphatic carbocycles. The van der Waals surface area contributed by atoms with Gasteiger partial charge in [0.25, 0.3) is 0 Å². The van der Waals surface area contributed by atoms with Gasteiger partial charge in [0.15, 0.2) is 0 Å². The predicted molar refractivity (Wildman–Crippen MR) is 51.5 cm³/mol. The number of benzene rings is 1. The lowest BCUT2D eigenvalue weighted by Gasteiger charge is -2.16. The van der Waals surface area contributed by atoms with Crippen molar-refractivity contribution >= 4 is 0 Å². The van der Waals surface area contributed by atoms with Gasteiger partial charge in [0, 0.05) is 5.56 Å². The molecule has 0 aliphatic rings. The topological polar surface area (TPSA) is 66.5 Å². The van der Waals surface area contributed by atoms with Crippen LogP contribution >= 0.6 is 0 Å². The van der Waals surface area contributed by atoms with Crippen molar-refractivity contribution in [1.29, 1.82) is 0 Å². The van der Waals surface area contributed by atoms with Gasteiger partial charge in [0.1, 0.15) is 5.75 Å². The van der Waals surface area contributed by atoms with Crippen LogP contribution in [-0.2, 0) is 0 Å². The summed E-state index contributed by atoms with van der Waals surface area (Å²) in [4.78, 5) is 0. The third-order valence-electron chi connectivity index (χ3n) is 2.06. The molecule has 0 saturated heterocycles. The molecule has 3 heteroatoms. The molecule has 0 aromatic heterocycles. The fraction of sp³-hybridized carbons (Fsp3) is 0.400. The van der Waals surface area contributed by atoms with Gasteiger partial charge < -0.3 is 15.9 Å². The Kier molecular flexibility index (Phi) is 2.90. The molecule has 0 fully saturated rings. The number of aromatic hydroxyl groups is 1. The highest BCUT2D eigenvalue weighted by Gasteiger charge is 2.15. The van der Waals surface area contributed by atoms with Crippen LogP contribution in [0.25, 0.3) is 0 Å². The van der Waals surface area contributed by atoms with Gasteiger partial charge in [-0.15, -0.1) is 0 Å². The first kappa shape index (κ1) is 10.0. The van der Waals surface area contributed by atoms with Crippen LogP contribution in [0.3, 0.4) is 0 Å². The Hall–Kier alpha value is -1.06. The number of hydrogen-bond acceptors (Lipinski definition) is 3. The summed E-state index contributed by atoms with van der Waals surface area (Å²) in [5.41, 5.74) is 7.23. The zero-order valence-electron chi connectivity index (χ0n) is 7.86. The molecule has 2 atom stereocenters. The summed E-state index contributed by atoms with van der Waals surface area (Å²) in [6.07, 6.45) is -0.659. The molecular weight excluding hydrogens is 166 g/mol. The molecule has 0 bridgehead atoms. The van der Waals surface area contributed by atoms with E-state index in [1.54, 1.807) is 19.1 Å². The summed E-state index contributed by atoms with van der Waals surface area (Å²) in [7, 11) is 0. The highest BCUT2D eigenvalue weighted by atomic mass is 16.3. The first-order chi connectivity index (χ1) is 6.02. The molecule has 1 rings (SSSR count). The third-order valence-corrected chi connectivity index (χ3v) is 2.06. The lowest BCUT2D eigenvalue weighted by Crippen LogP contribution is -2.23. The van der Waals surface area contributed by atoms with Crippen molar-refractivity contribution < 1.29 is 10.2 Å². The average Bonchev–Trinajstić information content (AvgIpc) is 2.03. The molecule has 13 heavy (non-hydrogen) atoms. The van der Waals surface area contributed by atoms with Crippen LogP contribution in [0.15, 0.2) is 18.2 Å². The molecule has 0 radical (unpaired) electrons. The molecule has 0 unspecified atom stereocenters. The molecule has 0 saturated carbocycles. The van der Waals surface area contributed by atoms with E-state index >= 15 is 0 Å². The summed E-state index contributed by atoms with van der Waals surface area (Å²) in [6, 6.07) is 4.71. The lowest BCUT2D eigenvalue weighted by molar-refractivity contribution is 0.163. The van der Waals surface area contributed by atoms with E-state index in [4.69, 9.17) is 5.73 Å². The first-order valence-corrected chi connectivity index (χ1v) is 4.25. The van der Waals surface area contributed by atoms with E-state index in [0.29, 0.717) is 5.56 Å². The van der Waals surface area contributed by atoms with Crippen molar-refractivity contribution in [2.45, 2.75) is 26.0 Å². The Morgan fingerprint density at radius 2 is 2.00 bits per heavy atom. The largest absolute Gasteiger partial charge is 0.508 e. The predicted octanol–water partition coefficient (Wildman–Crippen LogP) is 1.08. The van der Waals surface area contributed by atoms with Crippen molar-refractivity contribution in [1.82, 2.24) is 0 Å². The van der Waals surface area contributed by atoms with E-state index in [1.165, 1.54) is 0 Å². The number of rotatable bonds is 2. The summed E-state index contributed by atoms with van der Waals surface area (Å²) in [6.45, 7) is 3.49. The number of phenolic OH excluding ortho intramolecular Hbond substituents is 1. The minimum Gasteiger partial charge on any atom is -0.508 e. The normalized spacial score (nSPS) is 15.4. The Balaban J connectivity index is 3.01. The Bertz CT molecular complexity index is 297. The maximum Gasteiger partial charge on any atom is 0.120 e. The second-order valence-corrected chi connectivity index (χ2v) is 3.33. The van der Waals surface area contributed by atoms with Crippen LogP contribution in [0.2, 0.25) is 0 Å². The van der Waals surface area contributed by atoms with Crippen LogP contribution < -0.4 is 5.73 Å². The van der Waals surface area contributed by atoms with E-state index in [1.807, 2.05) is 13.0 Å². The van der Waals surface area contributed by atoms with E-state index in [9.17, 15) is 10.2 Å². The maximum atomic E-state index is 9.52. The SMILES string of the molecule is Cc1ccc([C@H](N)[C@H](C)O)c(O)c1. The fourth-order valence-electron chi connectivity index (χ4n) is 1.20. The second-order valence-electron chi connectivity index (χ2n) is 3.33. The van der Waals surface area contributed by atoms with E-state index < -0.39 is 12.1 Å². The molecule has 0 aliphatic heterocycles. The molecule has 72 valence electrons. The molecular formula is C10H15NO2. The van der Waals surface area contributed by atoms with Gasteiger partial charge in [0.05, 0.1) is 12.1 Å². The lowest BCUT2D eigenvalue weighted by atomic mass is 10.0. The summed E-state index contributed by atoms with van der Waals surface area (Å²) in [5, 5.41) is 18.8. The van der Waals surface area contributed by atoms with Crippen molar-refractivity contribution in [3.63, 3.8) is 0 Å². The summed E-state index contributed by atoms with van der Waals surface area (Å²) < 4.78 is 0. The van der Waals surface area contributed by atoms with Crippen LogP contribution in [0, 0.1) is 6.92 Å². The molecule has 0 heterocycles. The second kappa shape index (κ2) is 3.77. The number of nitrogens with two attached hydrogens (primary N) is 1. The molecule has 1 aromatic carbocycles. The van der Waals surface area contributed by atoms with Gasteiger partial charge in [-0.2, -0.15) is 0 Å².